The van der Waals surface area contributed by atoms with Crippen molar-refractivity contribution in [1.29, 1.82) is 0 Å². The molecule has 1 aromatic carbocycles. The molecule has 108 valence electrons. The Kier molecular flexibility index (Phi) is 4.78. The predicted octanol–water partition coefficient (Wildman–Crippen LogP) is 2.01. The van der Waals surface area contributed by atoms with Crippen LogP contribution in [0.15, 0.2) is 24.3 Å². The van der Waals surface area contributed by atoms with E-state index in [0.717, 1.165) is 12.0 Å². The summed E-state index contributed by atoms with van der Waals surface area (Å²) in [5.41, 5.74) is 1.15. The van der Waals surface area contributed by atoms with Crippen molar-refractivity contribution in [2.45, 2.75) is 38.8 Å². The summed E-state index contributed by atoms with van der Waals surface area (Å²) in [7, 11) is 0. The van der Waals surface area contributed by atoms with Crippen LogP contribution in [-0.4, -0.2) is 35.3 Å². The highest BCUT2D eigenvalue weighted by Crippen LogP contribution is 2.16. The van der Waals surface area contributed by atoms with Crippen molar-refractivity contribution in [3.05, 3.63) is 34.9 Å². The third-order valence-electron chi connectivity index (χ3n) is 3.42. The quantitative estimate of drug-likeness (QED) is 0.845. The fraction of sp³-hybridized carbons (Fsp3) is 0.467. The maximum atomic E-state index is 12.1. The average Bonchev–Trinajstić information content (AvgIpc) is 2.67. The summed E-state index contributed by atoms with van der Waals surface area (Å²) in [5, 5.41) is 3.88. The van der Waals surface area contributed by atoms with Crippen molar-refractivity contribution in [2.75, 3.05) is 6.54 Å². The topological polar surface area (TPSA) is 49.4 Å². The van der Waals surface area contributed by atoms with E-state index < -0.39 is 0 Å². The summed E-state index contributed by atoms with van der Waals surface area (Å²) < 4.78 is 0. The largest absolute Gasteiger partial charge is 0.305 e. The Balaban J connectivity index is 1.84. The van der Waals surface area contributed by atoms with E-state index in [4.69, 9.17) is 11.6 Å². The Morgan fingerprint density at radius 2 is 1.95 bits per heavy atom. The van der Waals surface area contributed by atoms with Gasteiger partial charge in [-0.1, -0.05) is 23.7 Å². The lowest BCUT2D eigenvalue weighted by molar-refractivity contribution is -0.140. The first-order chi connectivity index (χ1) is 9.49. The second-order valence-corrected chi connectivity index (χ2v) is 5.72. The van der Waals surface area contributed by atoms with E-state index >= 15 is 0 Å². The summed E-state index contributed by atoms with van der Waals surface area (Å²) in [6.07, 6.45) is 1.06. The second-order valence-electron chi connectivity index (χ2n) is 5.28. The van der Waals surface area contributed by atoms with Crippen LogP contribution in [0.4, 0.5) is 0 Å². The van der Waals surface area contributed by atoms with Crippen molar-refractivity contribution >= 4 is 23.4 Å². The molecule has 2 rings (SSSR count). The normalized spacial score (nSPS) is 19.2. The van der Waals surface area contributed by atoms with Gasteiger partial charge in [-0.2, -0.15) is 0 Å². The van der Waals surface area contributed by atoms with Gasteiger partial charge in [0.05, 0.1) is 12.5 Å². The number of carbonyl (C=O) groups is 2. The number of carbonyl (C=O) groups excluding carboxylic acids is 2. The summed E-state index contributed by atoms with van der Waals surface area (Å²) in [4.78, 5) is 25.2. The molecule has 1 aliphatic rings. The minimum absolute atomic E-state index is 0.0712. The Labute approximate surface area is 124 Å². The van der Waals surface area contributed by atoms with Gasteiger partial charge in [-0.25, -0.2) is 0 Å². The second kappa shape index (κ2) is 6.37. The van der Waals surface area contributed by atoms with Gasteiger partial charge < -0.3 is 5.32 Å². The number of nitrogens with zero attached hydrogens (tertiary/aromatic N) is 1. The van der Waals surface area contributed by atoms with Crippen LogP contribution >= 0.6 is 11.6 Å². The van der Waals surface area contributed by atoms with Crippen molar-refractivity contribution in [3.8, 4) is 0 Å². The Morgan fingerprint density at radius 3 is 2.50 bits per heavy atom. The van der Waals surface area contributed by atoms with Crippen LogP contribution in [0.2, 0.25) is 5.02 Å². The number of amides is 2. The number of rotatable bonds is 5. The molecule has 1 saturated heterocycles. The van der Waals surface area contributed by atoms with E-state index in [2.05, 4.69) is 5.32 Å². The van der Waals surface area contributed by atoms with Crippen molar-refractivity contribution < 1.29 is 9.59 Å². The lowest BCUT2D eigenvalue weighted by Crippen LogP contribution is -2.42. The highest BCUT2D eigenvalue weighted by Gasteiger charge is 2.39. The van der Waals surface area contributed by atoms with Crippen LogP contribution in [0.3, 0.4) is 0 Å². The predicted molar refractivity (Wildman–Crippen MR) is 78.6 cm³/mol. The molecule has 1 N–H and O–H groups in total. The molecule has 0 bridgehead atoms. The molecule has 0 aliphatic carbocycles. The first-order valence-corrected chi connectivity index (χ1v) is 7.20. The molecule has 0 aromatic heterocycles. The third-order valence-corrected chi connectivity index (χ3v) is 3.67. The molecule has 0 radical (unpaired) electrons. The molecule has 1 aromatic rings. The zero-order chi connectivity index (χ0) is 14.7. The lowest BCUT2D eigenvalue weighted by Gasteiger charge is -2.19. The Hall–Kier alpha value is -1.39. The Morgan fingerprint density at radius 1 is 1.30 bits per heavy atom. The van der Waals surface area contributed by atoms with Gasteiger partial charge in [0.2, 0.25) is 11.8 Å². The standard InChI is InChI=1S/C15H19ClN2O2/c1-10(2)18-14(19)9-13(15(18)20)17-8-7-11-3-5-12(16)6-4-11/h3-6,10,13,17H,7-9H2,1-2H3. The first kappa shape index (κ1) is 15.0. The number of hydrogen-bond acceptors (Lipinski definition) is 3. The molecule has 2 amide bonds. The molecule has 4 nitrogen and oxygen atoms in total. The maximum absolute atomic E-state index is 12.1. The minimum atomic E-state index is -0.378. The number of benzene rings is 1. The van der Waals surface area contributed by atoms with Crippen LogP contribution in [0, 0.1) is 0 Å². The molecule has 1 heterocycles. The first-order valence-electron chi connectivity index (χ1n) is 6.82. The van der Waals surface area contributed by atoms with Gasteiger partial charge >= 0.3 is 0 Å². The van der Waals surface area contributed by atoms with Crippen LogP contribution in [-0.2, 0) is 16.0 Å². The highest BCUT2D eigenvalue weighted by molar-refractivity contribution is 6.30. The number of nitrogens with one attached hydrogen (secondary N) is 1. The van der Waals surface area contributed by atoms with E-state index in [1.165, 1.54) is 4.90 Å². The van der Waals surface area contributed by atoms with Gasteiger partial charge in [-0.3, -0.25) is 14.5 Å². The molecule has 0 spiro atoms. The van der Waals surface area contributed by atoms with Gasteiger partial charge in [0.25, 0.3) is 0 Å². The van der Waals surface area contributed by atoms with Crippen LogP contribution < -0.4 is 5.32 Å². The maximum Gasteiger partial charge on any atom is 0.247 e. The van der Waals surface area contributed by atoms with E-state index in [1.807, 2.05) is 38.1 Å². The number of imide groups is 1. The lowest BCUT2D eigenvalue weighted by atomic mass is 10.1. The molecule has 1 atom stereocenters. The summed E-state index contributed by atoms with van der Waals surface area (Å²) in [6.45, 7) is 4.37. The van der Waals surface area contributed by atoms with E-state index in [-0.39, 0.29) is 30.3 Å². The van der Waals surface area contributed by atoms with Gasteiger partial charge in [0.15, 0.2) is 0 Å². The highest BCUT2D eigenvalue weighted by atomic mass is 35.5. The summed E-state index contributed by atoms with van der Waals surface area (Å²) in [6, 6.07) is 7.18. The summed E-state index contributed by atoms with van der Waals surface area (Å²) in [5.74, 6) is -0.199. The molecular formula is C15H19ClN2O2. The number of halogens is 1. The Bertz CT molecular complexity index is 499. The minimum Gasteiger partial charge on any atom is -0.305 e. The van der Waals surface area contributed by atoms with E-state index in [1.54, 1.807) is 0 Å². The van der Waals surface area contributed by atoms with Gasteiger partial charge in [-0.15, -0.1) is 0 Å². The monoisotopic (exact) mass is 294 g/mol. The van der Waals surface area contributed by atoms with Crippen LogP contribution in [0.1, 0.15) is 25.8 Å². The molecule has 1 aliphatic heterocycles. The fourth-order valence-electron chi connectivity index (χ4n) is 2.39. The number of likely N-dealkylation sites (tertiary alicyclic amines) is 1. The van der Waals surface area contributed by atoms with E-state index in [9.17, 15) is 9.59 Å². The van der Waals surface area contributed by atoms with Crippen LogP contribution in [0.25, 0.3) is 0 Å². The molecule has 0 saturated carbocycles. The molecule has 5 heteroatoms. The van der Waals surface area contributed by atoms with Gasteiger partial charge in [-0.05, 0) is 44.5 Å². The number of hydrogen-bond donors (Lipinski definition) is 1. The van der Waals surface area contributed by atoms with Crippen molar-refractivity contribution in [2.24, 2.45) is 0 Å². The molecule has 1 unspecified atom stereocenters. The van der Waals surface area contributed by atoms with Crippen molar-refractivity contribution in [3.63, 3.8) is 0 Å². The van der Waals surface area contributed by atoms with E-state index in [0.29, 0.717) is 11.6 Å². The van der Waals surface area contributed by atoms with Crippen molar-refractivity contribution in [1.82, 2.24) is 10.2 Å². The smallest absolute Gasteiger partial charge is 0.247 e. The fourth-order valence-corrected chi connectivity index (χ4v) is 2.52. The SMILES string of the molecule is CC(C)N1C(=O)CC(NCCc2ccc(Cl)cc2)C1=O. The molecular weight excluding hydrogens is 276 g/mol. The zero-order valence-electron chi connectivity index (χ0n) is 11.7. The average molecular weight is 295 g/mol. The molecule has 20 heavy (non-hydrogen) atoms. The summed E-state index contributed by atoms with van der Waals surface area (Å²) >= 11 is 5.83. The van der Waals surface area contributed by atoms with Gasteiger partial charge in [0.1, 0.15) is 0 Å². The molecule has 1 fully saturated rings. The van der Waals surface area contributed by atoms with Gasteiger partial charge in [0, 0.05) is 11.1 Å². The van der Waals surface area contributed by atoms with Crippen LogP contribution in [0.5, 0.6) is 0 Å². The zero-order valence-corrected chi connectivity index (χ0v) is 12.5. The third kappa shape index (κ3) is 3.38.